The fourth-order valence-electron chi connectivity index (χ4n) is 2.96. The van der Waals surface area contributed by atoms with Gasteiger partial charge in [0.25, 0.3) is 0 Å². The molecule has 0 saturated heterocycles. The van der Waals surface area contributed by atoms with Gasteiger partial charge in [0.05, 0.1) is 0 Å². The Morgan fingerprint density at radius 3 is 2.61 bits per heavy atom. The molecule has 0 aromatic heterocycles. The van der Waals surface area contributed by atoms with Crippen molar-refractivity contribution < 1.29 is 4.39 Å². The lowest BCUT2D eigenvalue weighted by Crippen LogP contribution is -2.29. The van der Waals surface area contributed by atoms with Gasteiger partial charge in [0, 0.05) is 11.6 Å². The minimum Gasteiger partial charge on any atom is -0.271 e. The number of nitrogens with one attached hydrogen (secondary N) is 1. The highest BCUT2D eigenvalue weighted by molar-refractivity contribution is 5.20. The van der Waals surface area contributed by atoms with Crippen LogP contribution in [0, 0.1) is 11.7 Å². The standard InChI is InChI=1S/C15H23FN2/c16-14-9-5-4-8-13(14)15(18-17)11-10-12-6-2-1-3-7-12/h4-5,8-9,12,15,18H,1-3,6-7,10-11,17H2. The third kappa shape index (κ3) is 3.53. The van der Waals surface area contributed by atoms with Crippen LogP contribution in [-0.4, -0.2) is 0 Å². The summed E-state index contributed by atoms with van der Waals surface area (Å²) in [5, 5.41) is 0. The minimum atomic E-state index is -0.163. The van der Waals surface area contributed by atoms with Crippen LogP contribution in [-0.2, 0) is 0 Å². The molecule has 1 saturated carbocycles. The summed E-state index contributed by atoms with van der Waals surface area (Å²) in [7, 11) is 0. The molecule has 1 aromatic carbocycles. The van der Waals surface area contributed by atoms with Crippen molar-refractivity contribution in [3.8, 4) is 0 Å². The second-order valence-electron chi connectivity index (χ2n) is 5.32. The quantitative estimate of drug-likeness (QED) is 0.618. The molecular weight excluding hydrogens is 227 g/mol. The van der Waals surface area contributed by atoms with Crippen molar-refractivity contribution in [2.45, 2.75) is 51.0 Å². The van der Waals surface area contributed by atoms with E-state index in [0.29, 0.717) is 5.56 Å². The van der Waals surface area contributed by atoms with Gasteiger partial charge in [-0.1, -0.05) is 50.3 Å². The van der Waals surface area contributed by atoms with E-state index in [1.165, 1.54) is 38.2 Å². The topological polar surface area (TPSA) is 38.0 Å². The molecular formula is C15H23FN2. The number of halogens is 1. The highest BCUT2D eigenvalue weighted by Crippen LogP contribution is 2.30. The SMILES string of the molecule is NNC(CCC1CCCCC1)c1ccccc1F. The number of hydrazine groups is 1. The molecule has 0 heterocycles. The smallest absolute Gasteiger partial charge is 0.128 e. The van der Waals surface area contributed by atoms with Gasteiger partial charge in [-0.25, -0.2) is 4.39 Å². The molecule has 1 aliphatic carbocycles. The summed E-state index contributed by atoms with van der Waals surface area (Å²) in [6.07, 6.45) is 8.80. The number of hydrogen-bond donors (Lipinski definition) is 2. The Bertz CT molecular complexity index is 361. The van der Waals surface area contributed by atoms with Crippen LogP contribution in [0.15, 0.2) is 24.3 Å². The molecule has 2 rings (SSSR count). The second-order valence-corrected chi connectivity index (χ2v) is 5.32. The van der Waals surface area contributed by atoms with Gasteiger partial charge < -0.3 is 0 Å². The van der Waals surface area contributed by atoms with E-state index in [9.17, 15) is 4.39 Å². The first kappa shape index (κ1) is 13.5. The van der Waals surface area contributed by atoms with Crippen LogP contribution in [0.3, 0.4) is 0 Å². The Kier molecular flexibility index (Phi) is 5.14. The maximum atomic E-state index is 13.7. The molecule has 2 nitrogen and oxygen atoms in total. The first-order valence-electron chi connectivity index (χ1n) is 7.02. The van der Waals surface area contributed by atoms with Crippen molar-refractivity contribution in [3.63, 3.8) is 0 Å². The largest absolute Gasteiger partial charge is 0.271 e. The Labute approximate surface area is 109 Å². The predicted octanol–water partition coefficient (Wildman–Crippen LogP) is 3.69. The van der Waals surface area contributed by atoms with E-state index in [1.54, 1.807) is 6.07 Å². The molecule has 3 heteroatoms. The van der Waals surface area contributed by atoms with E-state index in [4.69, 9.17) is 5.84 Å². The first-order chi connectivity index (χ1) is 8.81. The van der Waals surface area contributed by atoms with E-state index in [0.717, 1.165) is 18.8 Å². The second kappa shape index (κ2) is 6.86. The third-order valence-electron chi connectivity index (χ3n) is 4.07. The van der Waals surface area contributed by atoms with Crippen molar-refractivity contribution >= 4 is 0 Å². The molecule has 0 bridgehead atoms. The Hall–Kier alpha value is -0.930. The lowest BCUT2D eigenvalue weighted by molar-refractivity contribution is 0.313. The predicted molar refractivity (Wildman–Crippen MR) is 72.3 cm³/mol. The third-order valence-corrected chi connectivity index (χ3v) is 4.07. The van der Waals surface area contributed by atoms with Crippen LogP contribution in [0.2, 0.25) is 0 Å². The molecule has 1 fully saturated rings. The van der Waals surface area contributed by atoms with Gasteiger partial charge in [-0.05, 0) is 24.8 Å². The molecule has 3 N–H and O–H groups in total. The number of hydrogen-bond acceptors (Lipinski definition) is 2. The highest BCUT2D eigenvalue weighted by atomic mass is 19.1. The fourth-order valence-corrected chi connectivity index (χ4v) is 2.96. The zero-order chi connectivity index (χ0) is 12.8. The van der Waals surface area contributed by atoms with Gasteiger partial charge in [0.2, 0.25) is 0 Å². The monoisotopic (exact) mass is 250 g/mol. The van der Waals surface area contributed by atoms with Crippen LogP contribution >= 0.6 is 0 Å². The van der Waals surface area contributed by atoms with Crippen molar-refractivity contribution in [1.29, 1.82) is 0 Å². The van der Waals surface area contributed by atoms with Crippen LogP contribution in [0.5, 0.6) is 0 Å². The van der Waals surface area contributed by atoms with Crippen molar-refractivity contribution in [2.75, 3.05) is 0 Å². The molecule has 0 radical (unpaired) electrons. The molecule has 0 spiro atoms. The highest BCUT2D eigenvalue weighted by Gasteiger charge is 2.18. The number of nitrogens with two attached hydrogens (primary N) is 1. The van der Waals surface area contributed by atoms with E-state index < -0.39 is 0 Å². The maximum absolute atomic E-state index is 13.7. The van der Waals surface area contributed by atoms with E-state index in [-0.39, 0.29) is 11.9 Å². The minimum absolute atomic E-state index is 0.0619. The lowest BCUT2D eigenvalue weighted by atomic mass is 9.84. The van der Waals surface area contributed by atoms with E-state index >= 15 is 0 Å². The van der Waals surface area contributed by atoms with Gasteiger partial charge in [0.1, 0.15) is 5.82 Å². The van der Waals surface area contributed by atoms with E-state index in [2.05, 4.69) is 5.43 Å². The van der Waals surface area contributed by atoms with E-state index in [1.807, 2.05) is 12.1 Å². The average Bonchev–Trinajstić information content (AvgIpc) is 2.42. The zero-order valence-electron chi connectivity index (χ0n) is 10.9. The Balaban J connectivity index is 1.91. The summed E-state index contributed by atoms with van der Waals surface area (Å²) in [5.41, 5.74) is 3.45. The summed E-state index contributed by atoms with van der Waals surface area (Å²) in [5.74, 6) is 6.22. The molecule has 1 aromatic rings. The van der Waals surface area contributed by atoms with Crippen LogP contribution < -0.4 is 11.3 Å². The summed E-state index contributed by atoms with van der Waals surface area (Å²) in [4.78, 5) is 0. The Morgan fingerprint density at radius 2 is 1.94 bits per heavy atom. The van der Waals surface area contributed by atoms with Gasteiger partial charge in [-0.15, -0.1) is 0 Å². The molecule has 0 aliphatic heterocycles. The van der Waals surface area contributed by atoms with Crippen molar-refractivity contribution in [2.24, 2.45) is 11.8 Å². The van der Waals surface area contributed by atoms with Crippen molar-refractivity contribution in [3.05, 3.63) is 35.6 Å². The van der Waals surface area contributed by atoms with Crippen molar-refractivity contribution in [1.82, 2.24) is 5.43 Å². The fraction of sp³-hybridized carbons (Fsp3) is 0.600. The summed E-state index contributed by atoms with van der Waals surface area (Å²) in [6, 6.07) is 6.84. The normalized spacial score (nSPS) is 18.8. The van der Waals surface area contributed by atoms with Gasteiger partial charge in [-0.2, -0.15) is 0 Å². The molecule has 1 atom stereocenters. The number of rotatable bonds is 5. The molecule has 0 amide bonds. The summed E-state index contributed by atoms with van der Waals surface area (Å²) < 4.78 is 13.7. The summed E-state index contributed by atoms with van der Waals surface area (Å²) in [6.45, 7) is 0. The summed E-state index contributed by atoms with van der Waals surface area (Å²) >= 11 is 0. The number of benzene rings is 1. The maximum Gasteiger partial charge on any atom is 0.128 e. The van der Waals surface area contributed by atoms with Gasteiger partial charge >= 0.3 is 0 Å². The van der Waals surface area contributed by atoms with Gasteiger partial charge in [0.15, 0.2) is 0 Å². The van der Waals surface area contributed by atoms with Crippen LogP contribution in [0.25, 0.3) is 0 Å². The lowest BCUT2D eigenvalue weighted by Gasteiger charge is -2.24. The van der Waals surface area contributed by atoms with Gasteiger partial charge in [-0.3, -0.25) is 11.3 Å². The van der Waals surface area contributed by atoms with Crippen LogP contribution in [0.4, 0.5) is 4.39 Å². The molecule has 100 valence electrons. The molecule has 1 aliphatic rings. The molecule has 18 heavy (non-hydrogen) atoms. The average molecular weight is 250 g/mol. The first-order valence-corrected chi connectivity index (χ1v) is 7.02. The van der Waals surface area contributed by atoms with Crippen LogP contribution in [0.1, 0.15) is 56.6 Å². The Morgan fingerprint density at radius 1 is 1.22 bits per heavy atom. The zero-order valence-corrected chi connectivity index (χ0v) is 10.9. The molecule has 1 unspecified atom stereocenters.